The third-order valence-electron chi connectivity index (χ3n) is 3.54. The maximum atomic E-state index is 10.1. The van der Waals surface area contributed by atoms with Crippen LogP contribution in [0.15, 0.2) is 24.8 Å². The van der Waals surface area contributed by atoms with Gasteiger partial charge in [-0.2, -0.15) is 0 Å². The first kappa shape index (κ1) is 13.0. The van der Waals surface area contributed by atoms with E-state index in [0.717, 1.165) is 16.9 Å². The van der Waals surface area contributed by atoms with Crippen molar-refractivity contribution >= 4 is 0 Å². The summed E-state index contributed by atoms with van der Waals surface area (Å²) >= 11 is 0. The highest BCUT2D eigenvalue weighted by Gasteiger charge is 2.36. The SMILES string of the molecule is C=C[C@H]1C[C@H](C(C)(C)O)Oc2cc(C)c(O)cc21. The van der Waals surface area contributed by atoms with E-state index in [4.69, 9.17) is 4.74 Å². The minimum absolute atomic E-state index is 0.0941. The van der Waals surface area contributed by atoms with E-state index in [0.29, 0.717) is 6.42 Å². The molecule has 1 aliphatic rings. The van der Waals surface area contributed by atoms with Crippen LogP contribution >= 0.6 is 0 Å². The van der Waals surface area contributed by atoms with E-state index in [1.54, 1.807) is 19.9 Å². The lowest BCUT2D eigenvalue weighted by molar-refractivity contribution is -0.0448. The predicted octanol–water partition coefficient (Wildman–Crippen LogP) is 2.89. The Labute approximate surface area is 108 Å². The fourth-order valence-electron chi connectivity index (χ4n) is 2.29. The molecule has 1 aliphatic heterocycles. The lowest BCUT2D eigenvalue weighted by Crippen LogP contribution is -2.43. The number of fused-ring (bicyclic) bond motifs is 1. The van der Waals surface area contributed by atoms with Crippen molar-refractivity contribution in [2.24, 2.45) is 0 Å². The van der Waals surface area contributed by atoms with Gasteiger partial charge in [-0.05, 0) is 44.9 Å². The van der Waals surface area contributed by atoms with Gasteiger partial charge < -0.3 is 14.9 Å². The van der Waals surface area contributed by atoms with Gasteiger partial charge in [-0.25, -0.2) is 0 Å². The Morgan fingerprint density at radius 2 is 2.11 bits per heavy atom. The molecule has 1 aromatic rings. The number of benzene rings is 1. The van der Waals surface area contributed by atoms with E-state index in [9.17, 15) is 10.2 Å². The molecule has 18 heavy (non-hydrogen) atoms. The summed E-state index contributed by atoms with van der Waals surface area (Å²) in [6.45, 7) is 9.15. The number of aromatic hydroxyl groups is 1. The van der Waals surface area contributed by atoms with E-state index >= 15 is 0 Å². The van der Waals surface area contributed by atoms with Crippen molar-refractivity contribution in [1.29, 1.82) is 0 Å². The molecule has 1 aromatic carbocycles. The highest BCUT2D eigenvalue weighted by atomic mass is 16.5. The monoisotopic (exact) mass is 248 g/mol. The van der Waals surface area contributed by atoms with Gasteiger partial charge in [0.05, 0.1) is 5.60 Å². The van der Waals surface area contributed by atoms with Crippen LogP contribution in [0.25, 0.3) is 0 Å². The molecule has 0 unspecified atom stereocenters. The predicted molar refractivity (Wildman–Crippen MR) is 71.1 cm³/mol. The molecule has 0 aromatic heterocycles. The fourth-order valence-corrected chi connectivity index (χ4v) is 2.29. The molecule has 0 fully saturated rings. The van der Waals surface area contributed by atoms with Gasteiger partial charge in [0.1, 0.15) is 17.6 Å². The first-order chi connectivity index (χ1) is 8.32. The van der Waals surface area contributed by atoms with Gasteiger partial charge in [0, 0.05) is 11.5 Å². The van der Waals surface area contributed by atoms with Crippen LogP contribution in [-0.2, 0) is 0 Å². The van der Waals surface area contributed by atoms with Crippen LogP contribution in [0.5, 0.6) is 11.5 Å². The van der Waals surface area contributed by atoms with Gasteiger partial charge in [-0.15, -0.1) is 6.58 Å². The molecule has 2 N–H and O–H groups in total. The smallest absolute Gasteiger partial charge is 0.128 e. The third-order valence-corrected chi connectivity index (χ3v) is 3.54. The molecule has 2 atom stereocenters. The van der Waals surface area contributed by atoms with Crippen LogP contribution in [-0.4, -0.2) is 21.9 Å². The average Bonchev–Trinajstić information content (AvgIpc) is 2.28. The Morgan fingerprint density at radius 3 is 2.67 bits per heavy atom. The molecule has 0 saturated heterocycles. The van der Waals surface area contributed by atoms with E-state index in [-0.39, 0.29) is 17.8 Å². The number of hydrogen-bond acceptors (Lipinski definition) is 3. The van der Waals surface area contributed by atoms with E-state index in [2.05, 4.69) is 6.58 Å². The molecular formula is C15H20O3. The quantitative estimate of drug-likeness (QED) is 0.791. The Morgan fingerprint density at radius 1 is 1.44 bits per heavy atom. The van der Waals surface area contributed by atoms with Crippen molar-refractivity contribution in [3.8, 4) is 11.5 Å². The maximum absolute atomic E-state index is 10.1. The molecule has 0 spiro atoms. The molecule has 98 valence electrons. The van der Waals surface area contributed by atoms with Crippen LogP contribution in [0.4, 0.5) is 0 Å². The minimum atomic E-state index is -0.898. The van der Waals surface area contributed by atoms with Gasteiger partial charge >= 0.3 is 0 Å². The molecule has 0 bridgehead atoms. The summed E-state index contributed by atoms with van der Waals surface area (Å²) in [6, 6.07) is 3.55. The van der Waals surface area contributed by atoms with Crippen LogP contribution in [0, 0.1) is 6.92 Å². The van der Waals surface area contributed by atoms with Crippen molar-refractivity contribution in [2.75, 3.05) is 0 Å². The highest BCUT2D eigenvalue weighted by Crippen LogP contribution is 2.42. The number of aryl methyl sites for hydroxylation is 1. The standard InChI is InChI=1S/C15H20O3/c1-5-10-7-14(15(3,4)17)18-13-6-9(2)12(16)8-11(10)13/h5-6,8,10,14,16-17H,1,7H2,2-4H3/t10-,14+/m0/s1. The number of allylic oxidation sites excluding steroid dienone is 1. The summed E-state index contributed by atoms with van der Waals surface area (Å²) in [5.74, 6) is 1.09. The number of hydrogen-bond donors (Lipinski definition) is 2. The summed E-state index contributed by atoms with van der Waals surface area (Å²) in [5.41, 5.74) is 0.812. The number of phenols is 1. The van der Waals surface area contributed by atoms with Gasteiger partial charge in [0.15, 0.2) is 0 Å². The van der Waals surface area contributed by atoms with Crippen LogP contribution in [0.1, 0.15) is 37.3 Å². The second kappa shape index (κ2) is 4.32. The van der Waals surface area contributed by atoms with Crippen LogP contribution in [0.2, 0.25) is 0 Å². The molecule has 3 heteroatoms. The molecule has 0 radical (unpaired) electrons. The summed E-state index contributed by atoms with van der Waals surface area (Å²) in [4.78, 5) is 0. The number of rotatable bonds is 2. The number of aliphatic hydroxyl groups is 1. The molecular weight excluding hydrogens is 228 g/mol. The van der Waals surface area contributed by atoms with Gasteiger partial charge in [0.25, 0.3) is 0 Å². The zero-order valence-electron chi connectivity index (χ0n) is 11.1. The highest BCUT2D eigenvalue weighted by molar-refractivity contribution is 5.49. The summed E-state index contributed by atoms with van der Waals surface area (Å²) in [7, 11) is 0. The molecule has 0 saturated carbocycles. The number of ether oxygens (including phenoxy) is 1. The number of phenolic OH excluding ortho intramolecular Hbond substituents is 1. The molecule has 2 rings (SSSR count). The van der Waals surface area contributed by atoms with Crippen molar-refractivity contribution in [3.05, 3.63) is 35.9 Å². The zero-order valence-corrected chi connectivity index (χ0v) is 11.1. The van der Waals surface area contributed by atoms with Crippen molar-refractivity contribution in [1.82, 2.24) is 0 Å². The summed E-state index contributed by atoms with van der Waals surface area (Å²) < 4.78 is 5.86. The topological polar surface area (TPSA) is 49.7 Å². The molecule has 0 aliphatic carbocycles. The van der Waals surface area contributed by atoms with Crippen LogP contribution in [0.3, 0.4) is 0 Å². The largest absolute Gasteiger partial charge is 0.508 e. The second-order valence-electron chi connectivity index (χ2n) is 5.51. The lowest BCUT2D eigenvalue weighted by atomic mass is 9.84. The fraction of sp³-hybridized carbons (Fsp3) is 0.467. The zero-order chi connectivity index (χ0) is 13.5. The average molecular weight is 248 g/mol. The molecule has 0 amide bonds. The van der Waals surface area contributed by atoms with E-state index in [1.165, 1.54) is 0 Å². The van der Waals surface area contributed by atoms with Crippen molar-refractivity contribution in [3.63, 3.8) is 0 Å². The normalized spacial score (nSPS) is 23.1. The first-order valence-corrected chi connectivity index (χ1v) is 6.18. The Hall–Kier alpha value is -1.48. The third kappa shape index (κ3) is 2.23. The van der Waals surface area contributed by atoms with Crippen molar-refractivity contribution < 1.29 is 14.9 Å². The maximum Gasteiger partial charge on any atom is 0.128 e. The van der Waals surface area contributed by atoms with E-state index < -0.39 is 5.60 Å². The Balaban J connectivity index is 2.45. The van der Waals surface area contributed by atoms with Crippen molar-refractivity contribution in [2.45, 2.75) is 44.8 Å². The summed E-state index contributed by atoms with van der Waals surface area (Å²) in [5, 5.41) is 19.9. The second-order valence-corrected chi connectivity index (χ2v) is 5.51. The molecule has 3 nitrogen and oxygen atoms in total. The van der Waals surface area contributed by atoms with Crippen LogP contribution < -0.4 is 4.74 Å². The minimum Gasteiger partial charge on any atom is -0.508 e. The van der Waals surface area contributed by atoms with Gasteiger partial charge in [0.2, 0.25) is 0 Å². The van der Waals surface area contributed by atoms with E-state index in [1.807, 2.05) is 19.1 Å². The Kier molecular flexibility index (Phi) is 3.11. The first-order valence-electron chi connectivity index (χ1n) is 6.18. The van der Waals surface area contributed by atoms with Gasteiger partial charge in [-0.1, -0.05) is 6.08 Å². The Bertz CT molecular complexity index is 471. The lowest BCUT2D eigenvalue weighted by Gasteiger charge is -2.37. The van der Waals surface area contributed by atoms with Gasteiger partial charge in [-0.3, -0.25) is 0 Å². The molecule has 1 heterocycles. The summed E-state index contributed by atoms with van der Waals surface area (Å²) in [6.07, 6.45) is 2.24.